The van der Waals surface area contributed by atoms with Crippen LogP contribution >= 0.6 is 0 Å². The average molecular weight is 386 g/mol. The summed E-state index contributed by atoms with van der Waals surface area (Å²) in [7, 11) is 3.31. The quantitative estimate of drug-likeness (QED) is 0.660. The normalized spacial score (nSPS) is 11.6. The van der Waals surface area contributed by atoms with Crippen LogP contribution < -0.4 is 10.2 Å². The Hall–Kier alpha value is -2.89. The van der Waals surface area contributed by atoms with Crippen molar-refractivity contribution in [3.05, 3.63) is 65.5 Å². The standard InChI is InChI=1S/C22H27FN2O3/c1-4-5-14-25(2)19-12-8-17(9-13-19)22(27)24-20(15-21(26)28-3)16-6-10-18(23)11-7-16/h6-13,20H,4-5,14-15H2,1-3H3,(H,24,27). The van der Waals surface area contributed by atoms with Crippen molar-refractivity contribution < 1.29 is 18.7 Å². The molecule has 0 bridgehead atoms. The molecule has 0 aromatic heterocycles. The van der Waals surface area contributed by atoms with E-state index in [0.29, 0.717) is 11.1 Å². The van der Waals surface area contributed by atoms with E-state index in [1.165, 1.54) is 19.2 Å². The Morgan fingerprint density at radius 3 is 2.32 bits per heavy atom. The minimum atomic E-state index is -0.604. The van der Waals surface area contributed by atoms with E-state index in [0.717, 1.165) is 25.1 Å². The summed E-state index contributed by atoms with van der Waals surface area (Å²) in [5.74, 6) is -1.14. The molecule has 0 fully saturated rings. The van der Waals surface area contributed by atoms with Crippen LogP contribution in [0.25, 0.3) is 0 Å². The van der Waals surface area contributed by atoms with Gasteiger partial charge in [0.1, 0.15) is 5.82 Å². The number of nitrogens with zero attached hydrogens (tertiary/aromatic N) is 1. The molecule has 0 aliphatic carbocycles. The molecule has 0 aliphatic heterocycles. The van der Waals surface area contributed by atoms with Crippen molar-refractivity contribution in [2.24, 2.45) is 0 Å². The third kappa shape index (κ3) is 6.08. The van der Waals surface area contributed by atoms with E-state index in [1.807, 2.05) is 19.2 Å². The highest BCUT2D eigenvalue weighted by Gasteiger charge is 2.20. The lowest BCUT2D eigenvalue weighted by Crippen LogP contribution is -2.30. The monoisotopic (exact) mass is 386 g/mol. The maximum Gasteiger partial charge on any atom is 0.307 e. The van der Waals surface area contributed by atoms with Gasteiger partial charge in [-0.05, 0) is 48.4 Å². The van der Waals surface area contributed by atoms with Gasteiger partial charge in [0.15, 0.2) is 0 Å². The molecule has 0 saturated carbocycles. The summed E-state index contributed by atoms with van der Waals surface area (Å²) in [4.78, 5) is 26.5. The maximum atomic E-state index is 13.2. The number of nitrogens with one attached hydrogen (secondary N) is 1. The second-order valence-corrected chi connectivity index (χ2v) is 6.68. The minimum Gasteiger partial charge on any atom is -0.469 e. The number of carbonyl (C=O) groups excluding carboxylic acids is 2. The third-order valence-corrected chi connectivity index (χ3v) is 4.59. The van der Waals surface area contributed by atoms with Gasteiger partial charge < -0.3 is 15.0 Å². The van der Waals surface area contributed by atoms with Gasteiger partial charge >= 0.3 is 5.97 Å². The average Bonchev–Trinajstić information content (AvgIpc) is 2.72. The number of methoxy groups -OCH3 is 1. The molecule has 2 rings (SSSR count). The molecule has 0 aliphatic rings. The Balaban J connectivity index is 2.11. The zero-order valence-corrected chi connectivity index (χ0v) is 16.6. The van der Waals surface area contributed by atoms with Gasteiger partial charge in [-0.15, -0.1) is 0 Å². The number of hydrogen-bond donors (Lipinski definition) is 1. The molecule has 0 radical (unpaired) electrons. The molecule has 1 amide bonds. The first kappa shape index (κ1) is 21.4. The number of unbranched alkanes of at least 4 members (excludes halogenated alkanes) is 1. The van der Waals surface area contributed by atoms with Gasteiger partial charge in [0.05, 0.1) is 19.6 Å². The van der Waals surface area contributed by atoms with E-state index in [2.05, 4.69) is 17.1 Å². The van der Waals surface area contributed by atoms with Crippen LogP contribution in [0.1, 0.15) is 48.1 Å². The number of esters is 1. The summed E-state index contributed by atoms with van der Waals surface area (Å²) in [6.07, 6.45) is 2.19. The number of amides is 1. The van der Waals surface area contributed by atoms with Crippen LogP contribution in [0.4, 0.5) is 10.1 Å². The van der Waals surface area contributed by atoms with Gasteiger partial charge in [0.2, 0.25) is 0 Å². The molecule has 6 heteroatoms. The number of carbonyl (C=O) groups is 2. The number of rotatable bonds is 9. The second kappa shape index (κ2) is 10.4. The number of hydrogen-bond acceptors (Lipinski definition) is 4. The molecule has 0 heterocycles. The van der Waals surface area contributed by atoms with Crippen molar-refractivity contribution in [2.75, 3.05) is 25.6 Å². The summed E-state index contributed by atoms with van der Waals surface area (Å²) in [6.45, 7) is 3.10. The predicted molar refractivity (Wildman–Crippen MR) is 108 cm³/mol. The van der Waals surface area contributed by atoms with E-state index in [4.69, 9.17) is 4.74 Å². The van der Waals surface area contributed by atoms with Crippen LogP contribution in [0.3, 0.4) is 0 Å². The Bertz CT molecular complexity index is 775. The lowest BCUT2D eigenvalue weighted by atomic mass is 10.0. The van der Waals surface area contributed by atoms with Crippen molar-refractivity contribution in [1.82, 2.24) is 5.32 Å². The maximum absolute atomic E-state index is 13.2. The molecular formula is C22H27FN2O3. The molecule has 5 nitrogen and oxygen atoms in total. The number of anilines is 1. The highest BCUT2D eigenvalue weighted by Crippen LogP contribution is 2.20. The highest BCUT2D eigenvalue weighted by atomic mass is 19.1. The van der Waals surface area contributed by atoms with Crippen molar-refractivity contribution in [2.45, 2.75) is 32.2 Å². The molecule has 28 heavy (non-hydrogen) atoms. The third-order valence-electron chi connectivity index (χ3n) is 4.59. The molecule has 2 aromatic carbocycles. The van der Waals surface area contributed by atoms with Crippen LogP contribution in [0.2, 0.25) is 0 Å². The van der Waals surface area contributed by atoms with Gasteiger partial charge in [0.25, 0.3) is 5.91 Å². The first-order chi connectivity index (χ1) is 13.4. The van der Waals surface area contributed by atoms with Crippen LogP contribution in [-0.4, -0.2) is 32.6 Å². The Kier molecular flexibility index (Phi) is 7.99. The number of ether oxygens (including phenoxy) is 1. The Morgan fingerprint density at radius 2 is 1.75 bits per heavy atom. The molecule has 2 aromatic rings. The van der Waals surface area contributed by atoms with E-state index in [9.17, 15) is 14.0 Å². The van der Waals surface area contributed by atoms with E-state index in [1.54, 1.807) is 24.3 Å². The Morgan fingerprint density at radius 1 is 1.11 bits per heavy atom. The fourth-order valence-corrected chi connectivity index (χ4v) is 2.83. The smallest absolute Gasteiger partial charge is 0.307 e. The fraction of sp³-hybridized carbons (Fsp3) is 0.364. The minimum absolute atomic E-state index is 0.0360. The van der Waals surface area contributed by atoms with E-state index in [-0.39, 0.29) is 18.1 Å². The largest absolute Gasteiger partial charge is 0.469 e. The van der Waals surface area contributed by atoms with E-state index < -0.39 is 12.0 Å². The first-order valence-electron chi connectivity index (χ1n) is 9.39. The van der Waals surface area contributed by atoms with Crippen molar-refractivity contribution in [3.8, 4) is 0 Å². The summed E-state index contributed by atoms with van der Waals surface area (Å²) in [5.41, 5.74) is 2.16. The predicted octanol–water partition coefficient (Wildman–Crippen LogP) is 4.10. The lowest BCUT2D eigenvalue weighted by Gasteiger charge is -2.20. The summed E-state index contributed by atoms with van der Waals surface area (Å²) < 4.78 is 17.9. The molecule has 1 unspecified atom stereocenters. The summed E-state index contributed by atoms with van der Waals surface area (Å²) in [6, 6.07) is 12.4. The van der Waals surface area contributed by atoms with Crippen molar-refractivity contribution in [3.63, 3.8) is 0 Å². The van der Waals surface area contributed by atoms with Gasteiger partial charge in [-0.3, -0.25) is 9.59 Å². The van der Waals surface area contributed by atoms with Gasteiger partial charge in [0, 0.05) is 24.8 Å². The molecule has 150 valence electrons. The molecule has 0 spiro atoms. The molecule has 1 N–H and O–H groups in total. The molecular weight excluding hydrogens is 359 g/mol. The number of benzene rings is 2. The summed E-state index contributed by atoms with van der Waals surface area (Å²) >= 11 is 0. The van der Waals surface area contributed by atoms with E-state index >= 15 is 0 Å². The summed E-state index contributed by atoms with van der Waals surface area (Å²) in [5, 5.41) is 2.84. The van der Waals surface area contributed by atoms with Crippen molar-refractivity contribution >= 4 is 17.6 Å². The second-order valence-electron chi connectivity index (χ2n) is 6.68. The van der Waals surface area contributed by atoms with Gasteiger partial charge in [-0.2, -0.15) is 0 Å². The zero-order valence-electron chi connectivity index (χ0n) is 16.6. The Labute approximate surface area is 165 Å². The zero-order chi connectivity index (χ0) is 20.5. The number of halogens is 1. The van der Waals surface area contributed by atoms with Crippen LogP contribution in [0, 0.1) is 5.82 Å². The molecule has 0 saturated heterocycles. The van der Waals surface area contributed by atoms with Crippen molar-refractivity contribution in [1.29, 1.82) is 0 Å². The van der Waals surface area contributed by atoms with Crippen LogP contribution in [0.5, 0.6) is 0 Å². The molecule has 1 atom stereocenters. The van der Waals surface area contributed by atoms with Crippen LogP contribution in [-0.2, 0) is 9.53 Å². The lowest BCUT2D eigenvalue weighted by molar-refractivity contribution is -0.141. The van der Waals surface area contributed by atoms with Gasteiger partial charge in [-0.25, -0.2) is 4.39 Å². The topological polar surface area (TPSA) is 58.6 Å². The fourth-order valence-electron chi connectivity index (χ4n) is 2.83. The SMILES string of the molecule is CCCCN(C)c1ccc(C(=O)NC(CC(=O)OC)c2ccc(F)cc2)cc1. The highest BCUT2D eigenvalue weighted by molar-refractivity contribution is 5.95. The van der Waals surface area contributed by atoms with Gasteiger partial charge in [-0.1, -0.05) is 25.5 Å². The van der Waals surface area contributed by atoms with Crippen LogP contribution in [0.15, 0.2) is 48.5 Å². The first-order valence-corrected chi connectivity index (χ1v) is 9.39.